The molecule has 0 aliphatic rings. The monoisotopic (exact) mass is 376 g/mol. The number of alkyl halides is 1. The molecule has 3 aromatic rings. The number of halogens is 1. The maximum atomic E-state index is 12.4. The van der Waals surface area contributed by atoms with E-state index in [0.29, 0.717) is 19.0 Å². The van der Waals surface area contributed by atoms with Crippen molar-refractivity contribution in [2.24, 2.45) is 0 Å². The van der Waals surface area contributed by atoms with Gasteiger partial charge in [0, 0.05) is 16.0 Å². The summed E-state index contributed by atoms with van der Waals surface area (Å²) in [6.07, 6.45) is 0.736. The molecular formula is C19H21ClN2O2S. The molecule has 0 unspecified atom stereocenters. The molecule has 6 heteroatoms. The van der Waals surface area contributed by atoms with Crippen LogP contribution in [-0.2, 0) is 24.3 Å². The van der Waals surface area contributed by atoms with Crippen LogP contribution in [0.4, 0.5) is 0 Å². The molecule has 0 fully saturated rings. The van der Waals surface area contributed by atoms with E-state index in [2.05, 4.69) is 24.0 Å². The first-order valence-corrected chi connectivity index (χ1v) is 9.64. The molecule has 0 saturated heterocycles. The van der Waals surface area contributed by atoms with Crippen LogP contribution in [0, 0.1) is 13.8 Å². The number of thiophene rings is 1. The second-order valence-corrected chi connectivity index (χ2v) is 7.40. The number of aryl methyl sites for hydroxylation is 3. The highest BCUT2D eigenvalue weighted by atomic mass is 35.5. The Bertz CT molecular complexity index is 900. The third-order valence-corrected chi connectivity index (χ3v) is 5.80. The molecule has 2 heterocycles. The lowest BCUT2D eigenvalue weighted by molar-refractivity contribution is -0.129. The molecule has 2 aromatic heterocycles. The number of amides is 1. The highest BCUT2D eigenvalue weighted by molar-refractivity contribution is 7.19. The average Bonchev–Trinajstić information content (AvgIpc) is 3.14. The van der Waals surface area contributed by atoms with Crippen molar-refractivity contribution in [1.29, 1.82) is 0 Å². The van der Waals surface area contributed by atoms with E-state index in [1.165, 1.54) is 20.5 Å². The quantitative estimate of drug-likeness (QED) is 0.578. The Labute approximate surface area is 156 Å². The summed E-state index contributed by atoms with van der Waals surface area (Å²) in [5.41, 5.74) is 2.05. The molecule has 132 valence electrons. The highest BCUT2D eigenvalue weighted by Gasteiger charge is 2.20. The number of carbonyl (C=O) groups excluding carboxylic acids is 1. The van der Waals surface area contributed by atoms with Crippen molar-refractivity contribution in [2.45, 2.75) is 40.3 Å². The molecule has 3 rings (SSSR count). The van der Waals surface area contributed by atoms with E-state index >= 15 is 0 Å². The van der Waals surface area contributed by atoms with Crippen LogP contribution in [-0.4, -0.2) is 21.7 Å². The van der Waals surface area contributed by atoms with Gasteiger partial charge < -0.3 is 9.32 Å². The number of aromatic nitrogens is 1. The third kappa shape index (κ3) is 3.72. The Morgan fingerprint density at radius 1 is 1.28 bits per heavy atom. The predicted octanol–water partition coefficient (Wildman–Crippen LogP) is 4.84. The van der Waals surface area contributed by atoms with E-state index in [9.17, 15) is 4.79 Å². The van der Waals surface area contributed by atoms with Crippen LogP contribution >= 0.6 is 22.9 Å². The maximum absolute atomic E-state index is 12.4. The summed E-state index contributed by atoms with van der Waals surface area (Å²) in [5, 5.41) is 1.24. The lowest BCUT2D eigenvalue weighted by Crippen LogP contribution is -2.31. The van der Waals surface area contributed by atoms with Gasteiger partial charge in [0.15, 0.2) is 5.89 Å². The molecular weight excluding hydrogens is 356 g/mol. The van der Waals surface area contributed by atoms with E-state index in [0.717, 1.165) is 17.9 Å². The summed E-state index contributed by atoms with van der Waals surface area (Å²) in [5.74, 6) is 1.28. The number of carbonyl (C=O) groups is 1. The van der Waals surface area contributed by atoms with E-state index in [1.807, 2.05) is 26.0 Å². The number of oxazole rings is 1. The van der Waals surface area contributed by atoms with Crippen molar-refractivity contribution >= 4 is 38.9 Å². The topological polar surface area (TPSA) is 46.3 Å². The van der Waals surface area contributed by atoms with Gasteiger partial charge in [0.25, 0.3) is 0 Å². The summed E-state index contributed by atoms with van der Waals surface area (Å²) in [6.45, 7) is 6.92. The van der Waals surface area contributed by atoms with E-state index in [4.69, 9.17) is 16.0 Å². The van der Waals surface area contributed by atoms with Crippen molar-refractivity contribution in [3.63, 3.8) is 0 Å². The Morgan fingerprint density at radius 2 is 2.04 bits per heavy atom. The molecule has 0 atom stereocenters. The minimum absolute atomic E-state index is 0.0439. The van der Waals surface area contributed by atoms with Gasteiger partial charge in [-0.1, -0.05) is 25.1 Å². The molecule has 1 aromatic carbocycles. The van der Waals surface area contributed by atoms with Crippen LogP contribution in [0.1, 0.15) is 34.7 Å². The Morgan fingerprint density at radius 3 is 2.68 bits per heavy atom. The lowest BCUT2D eigenvalue weighted by Gasteiger charge is -2.20. The second-order valence-electron chi connectivity index (χ2n) is 6.00. The molecule has 0 bridgehead atoms. The smallest absolute Gasteiger partial charge is 0.238 e. The van der Waals surface area contributed by atoms with Crippen LogP contribution < -0.4 is 0 Å². The van der Waals surface area contributed by atoms with E-state index in [1.54, 1.807) is 16.2 Å². The number of nitrogens with zero attached hydrogens (tertiary/aromatic N) is 2. The standard InChI is InChI=1S/C19H21ClN2O2S/c1-4-18-21-13(3)15(24-18)10-22(19(23)9-20)11-17-12(2)14-7-5-6-8-16(14)25-17/h5-8H,4,9-11H2,1-3H3. The first-order chi connectivity index (χ1) is 12.0. The van der Waals surface area contributed by atoms with Gasteiger partial charge in [-0.2, -0.15) is 0 Å². The van der Waals surface area contributed by atoms with Crippen LogP contribution in [0.25, 0.3) is 10.1 Å². The molecule has 4 nitrogen and oxygen atoms in total. The summed E-state index contributed by atoms with van der Waals surface area (Å²) in [7, 11) is 0. The fourth-order valence-electron chi connectivity index (χ4n) is 2.83. The van der Waals surface area contributed by atoms with Crippen LogP contribution in [0.15, 0.2) is 28.7 Å². The Hall–Kier alpha value is -1.85. The van der Waals surface area contributed by atoms with Crippen molar-refractivity contribution in [3.8, 4) is 0 Å². The van der Waals surface area contributed by atoms with Gasteiger partial charge in [-0.05, 0) is 30.9 Å². The molecule has 0 aliphatic heterocycles. The summed E-state index contributed by atoms with van der Waals surface area (Å²) < 4.78 is 7.00. The summed E-state index contributed by atoms with van der Waals surface area (Å²) in [6, 6.07) is 8.30. The van der Waals surface area contributed by atoms with Crippen LogP contribution in [0.2, 0.25) is 0 Å². The lowest BCUT2D eigenvalue weighted by atomic mass is 10.1. The predicted molar refractivity (Wildman–Crippen MR) is 102 cm³/mol. The highest BCUT2D eigenvalue weighted by Crippen LogP contribution is 2.32. The first kappa shape index (κ1) is 18.0. The third-order valence-electron chi connectivity index (χ3n) is 4.32. The number of hydrogen-bond acceptors (Lipinski definition) is 4. The SMILES string of the molecule is CCc1nc(C)c(CN(Cc2sc3ccccc3c2C)C(=O)CCl)o1. The van der Waals surface area contributed by atoms with Gasteiger partial charge in [-0.3, -0.25) is 4.79 Å². The summed E-state index contributed by atoms with van der Waals surface area (Å²) >= 11 is 7.56. The largest absolute Gasteiger partial charge is 0.444 e. The maximum Gasteiger partial charge on any atom is 0.238 e. The number of benzene rings is 1. The minimum atomic E-state index is -0.104. The molecule has 0 N–H and O–H groups in total. The van der Waals surface area contributed by atoms with E-state index in [-0.39, 0.29) is 11.8 Å². The Kier molecular flexibility index (Phi) is 5.45. The average molecular weight is 377 g/mol. The molecule has 1 amide bonds. The fraction of sp³-hybridized carbons (Fsp3) is 0.368. The van der Waals surface area contributed by atoms with Gasteiger partial charge in [0.1, 0.15) is 11.6 Å². The number of rotatable bonds is 6. The van der Waals surface area contributed by atoms with Crippen LogP contribution in [0.3, 0.4) is 0 Å². The number of fused-ring (bicyclic) bond motifs is 1. The molecule has 25 heavy (non-hydrogen) atoms. The molecule has 0 spiro atoms. The zero-order valence-electron chi connectivity index (χ0n) is 14.6. The Balaban J connectivity index is 1.89. The second kappa shape index (κ2) is 7.58. The van der Waals surface area contributed by atoms with Crippen molar-refractivity contribution < 1.29 is 9.21 Å². The van der Waals surface area contributed by atoms with E-state index < -0.39 is 0 Å². The molecule has 0 radical (unpaired) electrons. The number of hydrogen-bond donors (Lipinski definition) is 0. The van der Waals surface area contributed by atoms with Gasteiger partial charge >= 0.3 is 0 Å². The fourth-order valence-corrected chi connectivity index (χ4v) is 4.22. The van der Waals surface area contributed by atoms with Gasteiger partial charge in [0.05, 0.1) is 18.8 Å². The first-order valence-electron chi connectivity index (χ1n) is 8.29. The van der Waals surface area contributed by atoms with Gasteiger partial charge in [0.2, 0.25) is 5.91 Å². The van der Waals surface area contributed by atoms with Crippen molar-refractivity contribution in [2.75, 3.05) is 5.88 Å². The van der Waals surface area contributed by atoms with Crippen LogP contribution in [0.5, 0.6) is 0 Å². The molecule has 0 saturated carbocycles. The normalized spacial score (nSPS) is 11.2. The zero-order chi connectivity index (χ0) is 18.0. The van der Waals surface area contributed by atoms with Gasteiger partial charge in [-0.25, -0.2) is 4.98 Å². The zero-order valence-corrected chi connectivity index (χ0v) is 16.2. The molecule has 0 aliphatic carbocycles. The van der Waals surface area contributed by atoms with Crippen molar-refractivity contribution in [3.05, 3.63) is 52.1 Å². The van der Waals surface area contributed by atoms with Gasteiger partial charge in [-0.15, -0.1) is 22.9 Å². The van der Waals surface area contributed by atoms with Crippen molar-refractivity contribution in [1.82, 2.24) is 9.88 Å². The minimum Gasteiger partial charge on any atom is -0.444 e. The summed E-state index contributed by atoms with van der Waals surface area (Å²) in [4.78, 5) is 19.7.